The normalized spacial score (nSPS) is 23.5. The summed E-state index contributed by atoms with van der Waals surface area (Å²) < 4.78 is 42.5. The van der Waals surface area contributed by atoms with Gasteiger partial charge in [-0.2, -0.15) is 0 Å². The number of amides is 2. The minimum absolute atomic E-state index is 0.0229. The molecule has 2 aliphatic rings. The highest BCUT2D eigenvalue weighted by atomic mass is 19.1. The second-order valence-electron chi connectivity index (χ2n) is 7.42. The topological polar surface area (TPSA) is 55.8 Å². The molecule has 30 heavy (non-hydrogen) atoms. The molecule has 0 aliphatic carbocycles. The molecule has 0 radical (unpaired) electrons. The molecular weight excluding hydrogens is 395 g/mol. The van der Waals surface area contributed by atoms with E-state index in [4.69, 9.17) is 0 Å². The van der Waals surface area contributed by atoms with E-state index < -0.39 is 42.5 Å². The lowest BCUT2D eigenvalue weighted by Gasteiger charge is -2.35. The number of carbonyl (C=O) groups is 1. The monoisotopic (exact) mass is 417 g/mol. The van der Waals surface area contributed by atoms with Gasteiger partial charge in [-0.05, 0) is 35.9 Å². The van der Waals surface area contributed by atoms with Crippen LogP contribution in [0.4, 0.5) is 23.7 Å². The Morgan fingerprint density at radius 2 is 1.93 bits per heavy atom. The lowest BCUT2D eigenvalue weighted by molar-refractivity contribution is 0.168. The van der Waals surface area contributed by atoms with Crippen LogP contribution in [0.3, 0.4) is 0 Å². The number of aliphatic hydroxyl groups excluding tert-OH is 1. The van der Waals surface area contributed by atoms with Gasteiger partial charge in [0, 0.05) is 30.9 Å². The molecule has 3 atom stereocenters. The first-order valence-electron chi connectivity index (χ1n) is 9.76. The quantitative estimate of drug-likeness (QED) is 0.804. The summed E-state index contributed by atoms with van der Waals surface area (Å²) in [6.07, 6.45) is 0.302. The van der Waals surface area contributed by atoms with Gasteiger partial charge >= 0.3 is 6.03 Å². The van der Waals surface area contributed by atoms with Gasteiger partial charge in [0.1, 0.15) is 17.8 Å². The van der Waals surface area contributed by atoms with Gasteiger partial charge in [-0.1, -0.05) is 24.3 Å². The van der Waals surface area contributed by atoms with Crippen molar-refractivity contribution >= 4 is 17.3 Å². The molecular formula is C22H22F3N3O2. The Hall–Kier alpha value is -2.84. The molecule has 8 heteroatoms. The Kier molecular flexibility index (Phi) is 5.78. The molecule has 2 heterocycles. The highest BCUT2D eigenvalue weighted by molar-refractivity contribution is 5.95. The number of anilines is 1. The zero-order valence-corrected chi connectivity index (χ0v) is 16.1. The minimum atomic E-state index is -1.25. The second kappa shape index (κ2) is 8.49. The molecule has 158 valence electrons. The van der Waals surface area contributed by atoms with Gasteiger partial charge in [-0.25, -0.2) is 18.0 Å². The summed E-state index contributed by atoms with van der Waals surface area (Å²) in [6, 6.07) is 9.91. The summed E-state index contributed by atoms with van der Waals surface area (Å²) in [6.45, 7) is 0.0165. The summed E-state index contributed by atoms with van der Waals surface area (Å²) in [7, 11) is 0. The summed E-state index contributed by atoms with van der Waals surface area (Å²) in [5, 5.41) is 12.8. The summed E-state index contributed by atoms with van der Waals surface area (Å²) in [5.41, 5.74) is 0.968. The van der Waals surface area contributed by atoms with Crippen LogP contribution in [-0.4, -0.2) is 60.5 Å². The zero-order chi connectivity index (χ0) is 21.3. The molecule has 0 bridgehead atoms. The molecule has 2 aliphatic heterocycles. The zero-order valence-electron chi connectivity index (χ0n) is 16.1. The third-order valence-corrected chi connectivity index (χ3v) is 5.52. The van der Waals surface area contributed by atoms with Crippen molar-refractivity contribution in [2.24, 2.45) is 0 Å². The van der Waals surface area contributed by atoms with E-state index in [1.165, 1.54) is 9.80 Å². The van der Waals surface area contributed by atoms with Crippen molar-refractivity contribution in [1.82, 2.24) is 10.2 Å². The molecule has 1 fully saturated rings. The van der Waals surface area contributed by atoms with Crippen molar-refractivity contribution in [2.45, 2.75) is 18.3 Å². The van der Waals surface area contributed by atoms with Crippen LogP contribution in [-0.2, 0) is 0 Å². The Labute approximate surface area is 172 Å². The van der Waals surface area contributed by atoms with Gasteiger partial charge in [0.2, 0.25) is 0 Å². The number of aliphatic hydroxyl groups is 1. The highest BCUT2D eigenvalue weighted by Gasteiger charge is 2.40. The average molecular weight is 417 g/mol. The summed E-state index contributed by atoms with van der Waals surface area (Å²) >= 11 is 0. The Balaban J connectivity index is 1.66. The SMILES string of the molecule is O=C(N1CC(c2cc(F)ccc2F)=C[C@H]1CO)N(c1ccccc1)[C@H]1CNC[C@@H]1F. The molecule has 0 aromatic heterocycles. The number of rotatable bonds is 4. The van der Waals surface area contributed by atoms with Crippen LogP contribution in [0.1, 0.15) is 5.56 Å². The van der Waals surface area contributed by atoms with Crippen LogP contribution < -0.4 is 10.2 Å². The van der Waals surface area contributed by atoms with E-state index >= 15 is 0 Å². The van der Waals surface area contributed by atoms with Gasteiger partial charge in [0.15, 0.2) is 0 Å². The smallest absolute Gasteiger partial charge is 0.325 e. The molecule has 1 saturated heterocycles. The fraction of sp³-hybridized carbons (Fsp3) is 0.318. The van der Waals surface area contributed by atoms with E-state index in [9.17, 15) is 23.1 Å². The average Bonchev–Trinajstić information content (AvgIpc) is 3.37. The van der Waals surface area contributed by atoms with E-state index in [2.05, 4.69) is 5.32 Å². The Morgan fingerprint density at radius 1 is 1.17 bits per heavy atom. The number of hydrogen-bond donors (Lipinski definition) is 2. The van der Waals surface area contributed by atoms with Gasteiger partial charge in [-0.3, -0.25) is 4.90 Å². The molecule has 2 aromatic rings. The third kappa shape index (κ3) is 3.80. The van der Waals surface area contributed by atoms with Crippen molar-refractivity contribution < 1.29 is 23.1 Å². The van der Waals surface area contributed by atoms with Gasteiger partial charge in [0.25, 0.3) is 0 Å². The van der Waals surface area contributed by atoms with Crippen molar-refractivity contribution in [2.75, 3.05) is 31.1 Å². The lowest BCUT2D eigenvalue weighted by atomic mass is 10.1. The van der Waals surface area contributed by atoms with Crippen LogP contribution in [0.2, 0.25) is 0 Å². The number of urea groups is 1. The second-order valence-corrected chi connectivity index (χ2v) is 7.42. The predicted octanol–water partition coefficient (Wildman–Crippen LogP) is 2.96. The van der Waals surface area contributed by atoms with Gasteiger partial charge in [-0.15, -0.1) is 0 Å². The molecule has 0 unspecified atom stereocenters. The minimum Gasteiger partial charge on any atom is -0.394 e. The van der Waals surface area contributed by atoms with E-state index in [0.29, 0.717) is 11.3 Å². The maximum absolute atomic E-state index is 14.6. The Morgan fingerprint density at radius 3 is 2.60 bits per heavy atom. The van der Waals surface area contributed by atoms with Crippen LogP contribution in [0.25, 0.3) is 5.57 Å². The summed E-state index contributed by atoms with van der Waals surface area (Å²) in [5.74, 6) is -1.21. The maximum Gasteiger partial charge on any atom is 0.325 e. The number of benzene rings is 2. The van der Waals surface area contributed by atoms with Crippen LogP contribution >= 0.6 is 0 Å². The molecule has 4 rings (SSSR count). The lowest BCUT2D eigenvalue weighted by Crippen LogP contribution is -2.54. The molecule has 5 nitrogen and oxygen atoms in total. The fourth-order valence-electron chi connectivity index (χ4n) is 4.01. The highest BCUT2D eigenvalue weighted by Crippen LogP contribution is 2.31. The van der Waals surface area contributed by atoms with Crippen molar-refractivity contribution in [3.8, 4) is 0 Å². The number of halogens is 3. The van der Waals surface area contributed by atoms with Crippen LogP contribution in [0.5, 0.6) is 0 Å². The van der Waals surface area contributed by atoms with Gasteiger partial charge in [0.05, 0.1) is 18.7 Å². The molecule has 0 saturated carbocycles. The largest absolute Gasteiger partial charge is 0.394 e. The van der Waals surface area contributed by atoms with Gasteiger partial charge < -0.3 is 15.3 Å². The van der Waals surface area contributed by atoms with E-state index in [0.717, 1.165) is 18.2 Å². The van der Waals surface area contributed by atoms with Crippen molar-refractivity contribution in [3.63, 3.8) is 0 Å². The number of carbonyl (C=O) groups excluding carboxylic acids is 1. The molecule has 0 spiro atoms. The number of nitrogens with one attached hydrogen (secondary N) is 1. The number of hydrogen-bond acceptors (Lipinski definition) is 3. The maximum atomic E-state index is 14.6. The number of nitrogens with zero attached hydrogens (tertiary/aromatic N) is 2. The van der Waals surface area contributed by atoms with Crippen molar-refractivity contribution in [3.05, 3.63) is 71.8 Å². The predicted molar refractivity (Wildman–Crippen MR) is 108 cm³/mol. The molecule has 2 aromatic carbocycles. The van der Waals surface area contributed by atoms with Crippen LogP contribution in [0.15, 0.2) is 54.6 Å². The number of alkyl halides is 1. The van der Waals surface area contributed by atoms with Crippen LogP contribution in [0, 0.1) is 11.6 Å². The Bertz CT molecular complexity index is 954. The first-order valence-corrected chi connectivity index (χ1v) is 9.76. The standard InChI is InChI=1S/C22H22F3N3O2/c23-15-6-7-19(24)18(9-15)14-8-17(13-29)27(12-14)22(30)28(16-4-2-1-3-5-16)21-11-26-10-20(21)25/h1-9,17,20-21,26,29H,10-13H2/t17-,20-,21-/m0/s1. The first-order chi connectivity index (χ1) is 14.5. The molecule has 2 N–H and O–H groups in total. The van der Waals surface area contributed by atoms with E-state index in [-0.39, 0.29) is 25.2 Å². The first kappa shape index (κ1) is 20.4. The molecule has 2 amide bonds. The fourth-order valence-corrected chi connectivity index (χ4v) is 4.01. The van der Waals surface area contributed by atoms with E-state index in [1.807, 2.05) is 0 Å². The number of para-hydroxylation sites is 1. The third-order valence-electron chi connectivity index (χ3n) is 5.52. The van der Waals surface area contributed by atoms with Crippen molar-refractivity contribution in [1.29, 1.82) is 0 Å². The summed E-state index contributed by atoms with van der Waals surface area (Å²) in [4.78, 5) is 16.3. The van der Waals surface area contributed by atoms with E-state index in [1.54, 1.807) is 36.4 Å².